The SMILES string of the molecule is c1ccc(-c2cc(-c3ccc(-c4ccc5nc(-c6ccccc6)c6cccc(-c7ccccn7)c6c5c4)cc3)nc(-c3ccccc3)n2)cc1.c1ccc(-c2ccc3ccc4ccc(-c5ccc6nc(-c7ccccc7)c7cccc(-c8cccc9ccccc89)c7c6c5)nc4c3n2)cc1.c1ccc(-c2nc(-c3ccccc3)nc(-c3ccc(-c4ccc5nc(-c6ccccc6)c6cccc(-c7ccccn7)c6c5c4)cc3)n2)cc1. The molecule has 0 amide bonds. The molecular formula is C138H88N12. The van der Waals surface area contributed by atoms with Crippen molar-refractivity contribution >= 4 is 97.6 Å². The van der Waals surface area contributed by atoms with Crippen LogP contribution in [0.15, 0.2) is 534 Å². The van der Waals surface area contributed by atoms with Crippen LogP contribution in [0.3, 0.4) is 0 Å². The lowest BCUT2D eigenvalue weighted by Gasteiger charge is -2.16. The highest BCUT2D eigenvalue weighted by atomic mass is 15.0. The van der Waals surface area contributed by atoms with Gasteiger partial charge in [0.25, 0.3) is 0 Å². The van der Waals surface area contributed by atoms with Crippen LogP contribution in [0, 0.1) is 0 Å². The Kier molecular flexibility index (Phi) is 23.8. The van der Waals surface area contributed by atoms with Gasteiger partial charge in [-0.3, -0.25) is 9.97 Å². The largest absolute Gasteiger partial charge is 0.256 e. The van der Waals surface area contributed by atoms with Gasteiger partial charge in [0, 0.05) is 144 Å². The van der Waals surface area contributed by atoms with Crippen molar-refractivity contribution in [1.29, 1.82) is 0 Å². The number of hydrogen-bond acceptors (Lipinski definition) is 12. The van der Waals surface area contributed by atoms with E-state index >= 15 is 0 Å². The molecule has 12 nitrogen and oxygen atoms in total. The molecule has 700 valence electrons. The molecule has 0 saturated carbocycles. The second kappa shape index (κ2) is 39.8. The Hall–Kier alpha value is -20.3. The van der Waals surface area contributed by atoms with Gasteiger partial charge in [0.2, 0.25) is 0 Å². The van der Waals surface area contributed by atoms with Crippen LogP contribution in [-0.2, 0) is 0 Å². The minimum atomic E-state index is 0.631. The number of aromatic nitrogens is 12. The molecule has 28 rings (SSSR count). The predicted molar refractivity (Wildman–Crippen MR) is 617 cm³/mol. The summed E-state index contributed by atoms with van der Waals surface area (Å²) in [5.74, 6) is 2.63. The van der Waals surface area contributed by atoms with Crippen molar-refractivity contribution in [1.82, 2.24) is 59.8 Å². The van der Waals surface area contributed by atoms with Crippen molar-refractivity contribution in [3.05, 3.63) is 534 Å². The van der Waals surface area contributed by atoms with Crippen molar-refractivity contribution in [3.63, 3.8) is 0 Å². The zero-order chi connectivity index (χ0) is 99.6. The molecule has 9 aromatic heterocycles. The third-order valence-electron chi connectivity index (χ3n) is 28.0. The van der Waals surface area contributed by atoms with E-state index in [-0.39, 0.29) is 0 Å². The van der Waals surface area contributed by atoms with Crippen LogP contribution in [0.1, 0.15) is 0 Å². The van der Waals surface area contributed by atoms with Crippen molar-refractivity contribution < 1.29 is 0 Å². The quantitative estimate of drug-likeness (QED) is 0.0846. The van der Waals surface area contributed by atoms with Crippen molar-refractivity contribution in [2.24, 2.45) is 0 Å². The first-order chi connectivity index (χ1) is 74.3. The minimum absolute atomic E-state index is 0.631. The van der Waals surface area contributed by atoms with Crippen LogP contribution >= 0.6 is 0 Å². The summed E-state index contributed by atoms with van der Waals surface area (Å²) in [5, 5.41) is 14.7. The maximum atomic E-state index is 5.30. The summed E-state index contributed by atoms with van der Waals surface area (Å²) >= 11 is 0. The summed E-state index contributed by atoms with van der Waals surface area (Å²) in [6.45, 7) is 0. The maximum absolute atomic E-state index is 5.30. The van der Waals surface area contributed by atoms with Crippen LogP contribution in [0.5, 0.6) is 0 Å². The number of benzene rings is 19. The first-order valence-electron chi connectivity index (χ1n) is 50.3. The van der Waals surface area contributed by atoms with E-state index in [0.29, 0.717) is 23.3 Å². The lowest BCUT2D eigenvalue weighted by atomic mass is 9.90. The van der Waals surface area contributed by atoms with Crippen LogP contribution in [0.25, 0.3) is 278 Å². The molecule has 0 aliphatic heterocycles. The molecule has 0 aliphatic carbocycles. The van der Waals surface area contributed by atoms with Gasteiger partial charge < -0.3 is 0 Å². The smallest absolute Gasteiger partial charge is 0.164 e. The third kappa shape index (κ3) is 17.6. The summed E-state index contributed by atoms with van der Waals surface area (Å²) in [6.07, 6.45) is 3.70. The summed E-state index contributed by atoms with van der Waals surface area (Å²) in [7, 11) is 0. The second-order valence-corrected chi connectivity index (χ2v) is 37.2. The fourth-order valence-electron chi connectivity index (χ4n) is 20.6. The molecule has 0 aliphatic rings. The van der Waals surface area contributed by atoms with Gasteiger partial charge in [0.15, 0.2) is 23.3 Å². The van der Waals surface area contributed by atoms with Gasteiger partial charge in [-0.05, 0) is 123 Å². The van der Waals surface area contributed by atoms with E-state index in [0.717, 1.165) is 227 Å². The lowest BCUT2D eigenvalue weighted by molar-refractivity contribution is 1.07. The van der Waals surface area contributed by atoms with E-state index in [9.17, 15) is 0 Å². The average molecular weight is 1910 g/mol. The highest BCUT2D eigenvalue weighted by Gasteiger charge is 2.24. The molecule has 19 aromatic carbocycles. The Bertz CT molecular complexity index is 9450. The Morgan fingerprint density at radius 3 is 0.833 bits per heavy atom. The van der Waals surface area contributed by atoms with E-state index in [2.05, 4.69) is 370 Å². The zero-order valence-corrected chi connectivity index (χ0v) is 81.2. The number of rotatable bonds is 16. The van der Waals surface area contributed by atoms with Gasteiger partial charge in [-0.25, -0.2) is 49.8 Å². The second-order valence-electron chi connectivity index (χ2n) is 37.2. The number of fused-ring (bicyclic) bond motifs is 13. The number of nitrogens with zero attached hydrogens (tertiary/aromatic N) is 12. The fraction of sp³-hybridized carbons (Fsp3) is 0. The van der Waals surface area contributed by atoms with Crippen molar-refractivity contribution in [2.45, 2.75) is 0 Å². The van der Waals surface area contributed by atoms with Crippen LogP contribution in [0.4, 0.5) is 0 Å². The van der Waals surface area contributed by atoms with Crippen molar-refractivity contribution in [2.75, 3.05) is 0 Å². The van der Waals surface area contributed by atoms with E-state index in [1.54, 1.807) is 0 Å². The molecule has 0 radical (unpaired) electrons. The monoisotopic (exact) mass is 1910 g/mol. The molecule has 0 bridgehead atoms. The molecule has 150 heavy (non-hydrogen) atoms. The molecule has 0 N–H and O–H groups in total. The standard InChI is InChI=1S/C47H29N3.C46H30N4.C45H29N5/c1-3-12-31(13-4-1)41-26-23-33-21-22-34-24-27-42(49-47(34)46(33)48-41)35-25-28-43-40(29-35)44-38(37-18-9-16-30-11-7-8-17-36(30)37)19-10-20-39(44)45(50-43)32-14-5-2-6-15-32;1-4-13-32(14-5-1)42-30-43(50-46(49-42)35-17-8-3-9-18-35)33-24-22-31(23-25-33)36-26-27-41-39(29-36)44-37(40-21-10-11-28-47-40)19-12-20-38(44)45(48-41)34-15-6-2-7-16-34;1-4-13-31(14-5-1)42-37-20-12-19-36(39-21-10-11-28-46-39)41(37)38-29-35(26-27-40(38)47-42)30-22-24-34(25-23-30)45-49-43(32-15-6-2-7-16-32)48-44(50-45)33-17-8-3-9-18-33/h1-29H;1-30H;1-29H. The van der Waals surface area contributed by atoms with Crippen LogP contribution in [0.2, 0.25) is 0 Å². The molecule has 28 aromatic rings. The van der Waals surface area contributed by atoms with Gasteiger partial charge in [-0.1, -0.05) is 443 Å². The van der Waals surface area contributed by atoms with Gasteiger partial charge in [0.05, 0.1) is 78.8 Å². The van der Waals surface area contributed by atoms with Gasteiger partial charge in [-0.15, -0.1) is 0 Å². The van der Waals surface area contributed by atoms with Gasteiger partial charge in [-0.2, -0.15) is 0 Å². The lowest BCUT2D eigenvalue weighted by Crippen LogP contribution is -2.00. The van der Waals surface area contributed by atoms with Crippen molar-refractivity contribution in [3.8, 4) is 180 Å². The van der Waals surface area contributed by atoms with E-state index in [4.69, 9.17) is 59.8 Å². The Morgan fingerprint density at radius 1 is 0.127 bits per heavy atom. The van der Waals surface area contributed by atoms with Crippen LogP contribution < -0.4 is 0 Å². The third-order valence-corrected chi connectivity index (χ3v) is 28.0. The minimum Gasteiger partial charge on any atom is -0.256 e. The molecule has 9 heterocycles. The van der Waals surface area contributed by atoms with E-state index in [1.807, 2.05) is 164 Å². The normalized spacial score (nSPS) is 11.3. The zero-order valence-electron chi connectivity index (χ0n) is 81.2. The summed E-state index contributed by atoms with van der Waals surface area (Å²) in [6, 6.07) is 181. The van der Waals surface area contributed by atoms with E-state index < -0.39 is 0 Å². The molecule has 0 saturated heterocycles. The molecule has 12 heteroatoms. The average Bonchev–Trinajstić information content (AvgIpc) is 0.737. The summed E-state index contributed by atoms with van der Waals surface area (Å²) in [4.78, 5) is 60.3. The number of hydrogen-bond donors (Lipinski definition) is 0. The number of pyridine rings is 7. The predicted octanol–water partition coefficient (Wildman–Crippen LogP) is 34.9. The maximum Gasteiger partial charge on any atom is 0.164 e. The van der Waals surface area contributed by atoms with Crippen LogP contribution in [-0.4, -0.2) is 59.8 Å². The first kappa shape index (κ1) is 89.7. The van der Waals surface area contributed by atoms with Gasteiger partial charge >= 0.3 is 0 Å². The molecule has 0 fully saturated rings. The molecule has 0 unspecified atom stereocenters. The fourth-order valence-corrected chi connectivity index (χ4v) is 20.6. The Labute approximate surface area is 865 Å². The summed E-state index contributed by atoms with van der Waals surface area (Å²) in [5.41, 5.74) is 33.3. The Balaban J connectivity index is 0.000000113. The van der Waals surface area contributed by atoms with E-state index in [1.165, 1.54) is 27.3 Å². The molecule has 0 spiro atoms. The molecular weight excluding hydrogens is 1830 g/mol. The highest BCUT2D eigenvalue weighted by molar-refractivity contribution is 6.22. The summed E-state index contributed by atoms with van der Waals surface area (Å²) < 4.78 is 0. The van der Waals surface area contributed by atoms with Gasteiger partial charge in [0.1, 0.15) is 0 Å². The highest BCUT2D eigenvalue weighted by Crippen LogP contribution is 2.47. The molecule has 0 atom stereocenters. The first-order valence-corrected chi connectivity index (χ1v) is 50.3. The topological polar surface area (TPSA) is 155 Å². The Morgan fingerprint density at radius 2 is 0.413 bits per heavy atom.